The fourth-order valence-corrected chi connectivity index (χ4v) is 1.56. The van der Waals surface area contributed by atoms with Gasteiger partial charge in [-0.3, -0.25) is 4.79 Å². The van der Waals surface area contributed by atoms with E-state index in [0.29, 0.717) is 6.42 Å². The van der Waals surface area contributed by atoms with Crippen LogP contribution in [0.4, 0.5) is 5.69 Å². The van der Waals surface area contributed by atoms with E-state index in [1.54, 1.807) is 0 Å². The number of amides is 1. The second-order valence-electron chi connectivity index (χ2n) is 5.03. The highest BCUT2D eigenvalue weighted by Gasteiger charge is 2.16. The van der Waals surface area contributed by atoms with Crippen LogP contribution in [0.2, 0.25) is 0 Å². The maximum atomic E-state index is 11.7. The molecule has 88 valence electrons. The van der Waals surface area contributed by atoms with E-state index < -0.39 is 5.54 Å². The monoisotopic (exact) mass is 220 g/mol. The van der Waals surface area contributed by atoms with Crippen LogP contribution in [0.5, 0.6) is 0 Å². The number of hydrogen-bond acceptors (Lipinski definition) is 2. The van der Waals surface area contributed by atoms with Gasteiger partial charge in [0, 0.05) is 17.6 Å². The molecule has 1 rings (SSSR count). The summed E-state index contributed by atoms with van der Waals surface area (Å²) in [5.74, 6) is -0.0422. The normalized spacial score (nSPS) is 11.3. The van der Waals surface area contributed by atoms with Crippen molar-refractivity contribution >= 4 is 11.6 Å². The third-order valence-corrected chi connectivity index (χ3v) is 2.27. The van der Waals surface area contributed by atoms with Gasteiger partial charge in [-0.1, -0.05) is 17.7 Å². The van der Waals surface area contributed by atoms with E-state index in [-0.39, 0.29) is 5.91 Å². The van der Waals surface area contributed by atoms with Crippen LogP contribution in [0.25, 0.3) is 0 Å². The summed E-state index contributed by atoms with van der Waals surface area (Å²) in [5.41, 5.74) is 8.44. The van der Waals surface area contributed by atoms with Crippen LogP contribution in [0.1, 0.15) is 31.4 Å². The Bertz CT molecular complexity index is 391. The second kappa shape index (κ2) is 4.66. The summed E-state index contributed by atoms with van der Waals surface area (Å²) in [6.07, 6.45) is 0.320. The van der Waals surface area contributed by atoms with E-state index in [2.05, 4.69) is 5.32 Å². The summed E-state index contributed by atoms with van der Waals surface area (Å²) in [7, 11) is 0. The summed E-state index contributed by atoms with van der Waals surface area (Å²) >= 11 is 0. The fourth-order valence-electron chi connectivity index (χ4n) is 1.56. The molecule has 0 unspecified atom stereocenters. The summed E-state index contributed by atoms with van der Waals surface area (Å²) < 4.78 is 0. The number of anilines is 1. The van der Waals surface area contributed by atoms with E-state index in [1.807, 2.05) is 45.9 Å². The highest BCUT2D eigenvalue weighted by molar-refractivity contribution is 5.92. The second-order valence-corrected chi connectivity index (χ2v) is 5.03. The number of rotatable bonds is 3. The van der Waals surface area contributed by atoms with Crippen LogP contribution >= 0.6 is 0 Å². The van der Waals surface area contributed by atoms with Crippen LogP contribution in [0.15, 0.2) is 18.2 Å². The first kappa shape index (κ1) is 12.7. The predicted molar refractivity (Wildman–Crippen MR) is 67.4 cm³/mol. The van der Waals surface area contributed by atoms with Crippen LogP contribution in [-0.4, -0.2) is 11.4 Å². The first-order valence-corrected chi connectivity index (χ1v) is 5.44. The molecular formula is C13H20N2O. The Labute approximate surface area is 97.0 Å². The van der Waals surface area contributed by atoms with E-state index in [4.69, 9.17) is 5.73 Å². The van der Waals surface area contributed by atoms with Crippen LogP contribution in [-0.2, 0) is 4.79 Å². The Morgan fingerprint density at radius 1 is 1.38 bits per heavy atom. The number of nitrogens with two attached hydrogens (primary N) is 1. The van der Waals surface area contributed by atoms with Gasteiger partial charge in [-0.15, -0.1) is 0 Å². The minimum Gasteiger partial charge on any atom is -0.326 e. The average molecular weight is 220 g/mol. The third-order valence-electron chi connectivity index (χ3n) is 2.27. The number of benzene rings is 1. The molecule has 0 fully saturated rings. The minimum absolute atomic E-state index is 0.0422. The van der Waals surface area contributed by atoms with Crippen LogP contribution < -0.4 is 11.1 Å². The fraction of sp³-hybridized carbons (Fsp3) is 0.462. The average Bonchev–Trinajstić information content (AvgIpc) is 2.06. The van der Waals surface area contributed by atoms with Gasteiger partial charge >= 0.3 is 0 Å². The zero-order chi connectivity index (χ0) is 12.3. The molecule has 0 heterocycles. The first-order valence-electron chi connectivity index (χ1n) is 5.44. The zero-order valence-corrected chi connectivity index (χ0v) is 10.4. The lowest BCUT2D eigenvalue weighted by molar-refractivity contribution is -0.117. The lowest BCUT2D eigenvalue weighted by Gasteiger charge is -2.18. The predicted octanol–water partition coefficient (Wildman–Crippen LogP) is 2.37. The molecule has 0 aliphatic carbocycles. The summed E-state index contributed by atoms with van der Waals surface area (Å²) in [6.45, 7) is 7.70. The van der Waals surface area contributed by atoms with Crippen molar-refractivity contribution in [2.45, 2.75) is 39.7 Å². The maximum Gasteiger partial charge on any atom is 0.226 e. The molecule has 16 heavy (non-hydrogen) atoms. The van der Waals surface area contributed by atoms with Gasteiger partial charge in [0.05, 0.1) is 0 Å². The SMILES string of the molecule is Cc1ccc(NC(=O)CC(C)(C)N)c(C)c1. The highest BCUT2D eigenvalue weighted by atomic mass is 16.1. The maximum absolute atomic E-state index is 11.7. The molecule has 0 aliphatic rings. The van der Waals surface area contributed by atoms with E-state index in [0.717, 1.165) is 11.3 Å². The molecule has 3 heteroatoms. The van der Waals surface area contributed by atoms with Gasteiger partial charge in [-0.25, -0.2) is 0 Å². The standard InChI is InChI=1S/C13H20N2O/c1-9-5-6-11(10(2)7-9)15-12(16)8-13(3,4)14/h5-7H,8,14H2,1-4H3,(H,15,16). The molecule has 3 N–H and O–H groups in total. The van der Waals surface area contributed by atoms with Crippen molar-refractivity contribution < 1.29 is 4.79 Å². The molecule has 3 nitrogen and oxygen atoms in total. The topological polar surface area (TPSA) is 55.1 Å². The number of nitrogens with one attached hydrogen (secondary N) is 1. The summed E-state index contributed by atoms with van der Waals surface area (Å²) in [6, 6.07) is 5.95. The molecule has 0 aliphatic heterocycles. The van der Waals surface area contributed by atoms with Crippen molar-refractivity contribution in [3.8, 4) is 0 Å². The van der Waals surface area contributed by atoms with E-state index >= 15 is 0 Å². The van der Waals surface area contributed by atoms with Gasteiger partial charge in [0.2, 0.25) is 5.91 Å². The molecule has 0 saturated heterocycles. The van der Waals surface area contributed by atoms with Gasteiger partial charge in [0.1, 0.15) is 0 Å². The Balaban J connectivity index is 2.70. The van der Waals surface area contributed by atoms with E-state index in [9.17, 15) is 4.79 Å². The number of carbonyl (C=O) groups is 1. The van der Waals surface area contributed by atoms with E-state index in [1.165, 1.54) is 5.56 Å². The molecule has 0 bridgehead atoms. The lowest BCUT2D eigenvalue weighted by atomic mass is 10.0. The summed E-state index contributed by atoms with van der Waals surface area (Å²) in [5, 5.41) is 2.88. The number of carbonyl (C=O) groups excluding carboxylic acids is 1. The quantitative estimate of drug-likeness (QED) is 0.821. The number of aryl methyl sites for hydroxylation is 2. The molecular weight excluding hydrogens is 200 g/mol. The molecule has 0 radical (unpaired) electrons. The molecule has 0 spiro atoms. The lowest BCUT2D eigenvalue weighted by Crippen LogP contribution is -2.36. The molecule has 1 aromatic carbocycles. The van der Waals surface area contributed by atoms with Crippen molar-refractivity contribution in [3.63, 3.8) is 0 Å². The summed E-state index contributed by atoms with van der Waals surface area (Å²) in [4.78, 5) is 11.7. The van der Waals surface area contributed by atoms with Crippen LogP contribution in [0, 0.1) is 13.8 Å². The zero-order valence-electron chi connectivity index (χ0n) is 10.4. The third kappa shape index (κ3) is 4.03. The smallest absolute Gasteiger partial charge is 0.226 e. The van der Waals surface area contributed by atoms with Crippen molar-refractivity contribution in [3.05, 3.63) is 29.3 Å². The van der Waals surface area contributed by atoms with Crippen molar-refractivity contribution in [1.29, 1.82) is 0 Å². The van der Waals surface area contributed by atoms with Gasteiger partial charge in [0.15, 0.2) is 0 Å². The molecule has 0 saturated carbocycles. The van der Waals surface area contributed by atoms with Crippen molar-refractivity contribution in [2.75, 3.05) is 5.32 Å². The van der Waals surface area contributed by atoms with Crippen LogP contribution in [0.3, 0.4) is 0 Å². The minimum atomic E-state index is -0.470. The van der Waals surface area contributed by atoms with Crippen molar-refractivity contribution in [1.82, 2.24) is 0 Å². The first-order chi connectivity index (χ1) is 7.28. The van der Waals surface area contributed by atoms with Gasteiger partial charge in [0.25, 0.3) is 0 Å². The van der Waals surface area contributed by atoms with Gasteiger partial charge in [-0.2, -0.15) is 0 Å². The Kier molecular flexibility index (Phi) is 3.70. The molecule has 0 aromatic heterocycles. The largest absolute Gasteiger partial charge is 0.326 e. The van der Waals surface area contributed by atoms with Crippen molar-refractivity contribution in [2.24, 2.45) is 5.73 Å². The Morgan fingerprint density at radius 2 is 2.00 bits per heavy atom. The molecule has 1 amide bonds. The molecule has 0 atom stereocenters. The molecule has 1 aromatic rings. The van der Waals surface area contributed by atoms with Gasteiger partial charge in [-0.05, 0) is 39.3 Å². The van der Waals surface area contributed by atoms with Gasteiger partial charge < -0.3 is 11.1 Å². The highest BCUT2D eigenvalue weighted by Crippen LogP contribution is 2.17. The Morgan fingerprint density at radius 3 is 2.50 bits per heavy atom. The Hall–Kier alpha value is -1.35. The number of hydrogen-bond donors (Lipinski definition) is 2.